The van der Waals surface area contributed by atoms with Crippen molar-refractivity contribution in [3.8, 4) is 0 Å². The highest BCUT2D eigenvalue weighted by Gasteiger charge is 2.19. The van der Waals surface area contributed by atoms with Gasteiger partial charge in [-0.1, -0.05) is 19.8 Å². The highest BCUT2D eigenvalue weighted by atomic mass is 14.9. The molecule has 17 heavy (non-hydrogen) atoms. The molecule has 0 saturated heterocycles. The molecule has 0 aliphatic heterocycles. The van der Waals surface area contributed by atoms with Gasteiger partial charge in [0.1, 0.15) is 0 Å². The molecule has 1 heterocycles. The molecule has 1 aromatic heterocycles. The molecule has 94 valence electrons. The molecule has 1 aliphatic carbocycles. The minimum atomic E-state index is 0.306. The van der Waals surface area contributed by atoms with Gasteiger partial charge in [0.05, 0.1) is 5.69 Å². The lowest BCUT2D eigenvalue weighted by Crippen LogP contribution is -2.29. The molecule has 0 amide bonds. The van der Waals surface area contributed by atoms with Gasteiger partial charge in [-0.2, -0.15) is 0 Å². The highest BCUT2D eigenvalue weighted by molar-refractivity contribution is 5.00. The van der Waals surface area contributed by atoms with Crippen molar-refractivity contribution in [1.82, 2.24) is 15.3 Å². The summed E-state index contributed by atoms with van der Waals surface area (Å²) in [5.74, 6) is 1.75. The second-order valence-corrected chi connectivity index (χ2v) is 5.40. The molecule has 0 spiro atoms. The lowest BCUT2D eigenvalue weighted by atomic mass is 9.82. The van der Waals surface area contributed by atoms with Gasteiger partial charge in [0.25, 0.3) is 0 Å². The van der Waals surface area contributed by atoms with Crippen molar-refractivity contribution >= 4 is 0 Å². The first-order chi connectivity index (χ1) is 8.25. The Balaban J connectivity index is 1.78. The Bertz CT molecular complexity index is 325. The van der Waals surface area contributed by atoms with Crippen LogP contribution in [0.5, 0.6) is 0 Å². The van der Waals surface area contributed by atoms with E-state index < -0.39 is 0 Å². The summed E-state index contributed by atoms with van der Waals surface area (Å²) in [6, 6.07) is 0.306. The summed E-state index contributed by atoms with van der Waals surface area (Å²) >= 11 is 0. The lowest BCUT2D eigenvalue weighted by molar-refractivity contribution is 0.268. The van der Waals surface area contributed by atoms with Gasteiger partial charge in [-0.3, -0.25) is 9.97 Å². The van der Waals surface area contributed by atoms with Crippen molar-refractivity contribution in [1.29, 1.82) is 0 Å². The molecule has 1 N–H and O–H groups in total. The Labute approximate surface area is 104 Å². The zero-order valence-electron chi connectivity index (χ0n) is 10.9. The van der Waals surface area contributed by atoms with Gasteiger partial charge in [0.2, 0.25) is 0 Å². The fourth-order valence-corrected chi connectivity index (χ4v) is 2.73. The second-order valence-electron chi connectivity index (χ2n) is 5.40. The van der Waals surface area contributed by atoms with E-state index in [0.29, 0.717) is 6.04 Å². The van der Waals surface area contributed by atoms with Crippen LogP contribution in [0.4, 0.5) is 0 Å². The van der Waals surface area contributed by atoms with Crippen LogP contribution < -0.4 is 5.32 Å². The lowest BCUT2D eigenvalue weighted by Gasteiger charge is -2.28. The van der Waals surface area contributed by atoms with Crippen LogP contribution in [0.2, 0.25) is 0 Å². The first-order valence-corrected chi connectivity index (χ1v) is 6.75. The van der Waals surface area contributed by atoms with Gasteiger partial charge in [-0.05, 0) is 38.1 Å². The van der Waals surface area contributed by atoms with Crippen molar-refractivity contribution in [3.05, 3.63) is 24.3 Å². The Hall–Kier alpha value is -0.960. The molecule has 1 saturated carbocycles. The summed E-state index contributed by atoms with van der Waals surface area (Å²) in [6.45, 7) is 5.65. The van der Waals surface area contributed by atoms with E-state index in [4.69, 9.17) is 0 Å². The van der Waals surface area contributed by atoms with E-state index in [1.165, 1.54) is 25.7 Å². The molecule has 0 aromatic carbocycles. The quantitative estimate of drug-likeness (QED) is 0.869. The number of hydrogen-bond acceptors (Lipinski definition) is 3. The maximum absolute atomic E-state index is 4.33. The predicted octanol–water partition coefficient (Wildman–Crippen LogP) is 2.95. The van der Waals surface area contributed by atoms with Crippen molar-refractivity contribution < 1.29 is 0 Å². The summed E-state index contributed by atoms with van der Waals surface area (Å²) in [4.78, 5) is 8.44. The Morgan fingerprint density at radius 1 is 1.41 bits per heavy atom. The first-order valence-electron chi connectivity index (χ1n) is 6.75. The molecule has 3 nitrogen and oxygen atoms in total. The molecule has 1 aliphatic rings. The molecular formula is C14H23N3. The third kappa shape index (κ3) is 3.77. The number of hydrogen-bond donors (Lipinski definition) is 1. The summed E-state index contributed by atoms with van der Waals surface area (Å²) < 4.78 is 0. The minimum Gasteiger partial charge on any atom is -0.309 e. The SMILES string of the molecule is CC1CCCC(CNC(C)c2cnccn2)C1. The van der Waals surface area contributed by atoms with Crippen LogP contribution in [0.3, 0.4) is 0 Å². The van der Waals surface area contributed by atoms with Crippen molar-refractivity contribution in [3.63, 3.8) is 0 Å². The first kappa shape index (κ1) is 12.5. The third-order valence-corrected chi connectivity index (χ3v) is 3.78. The standard InChI is InChI=1S/C14H23N3/c1-11-4-3-5-13(8-11)9-17-12(2)14-10-15-6-7-16-14/h6-7,10-13,17H,3-5,8-9H2,1-2H3. The summed E-state index contributed by atoms with van der Waals surface area (Å²) in [7, 11) is 0. The molecule has 3 unspecified atom stereocenters. The summed E-state index contributed by atoms with van der Waals surface area (Å²) in [6.07, 6.45) is 10.9. The summed E-state index contributed by atoms with van der Waals surface area (Å²) in [5.41, 5.74) is 1.04. The van der Waals surface area contributed by atoms with Crippen LogP contribution in [-0.4, -0.2) is 16.5 Å². The maximum atomic E-state index is 4.33. The van der Waals surface area contributed by atoms with E-state index in [-0.39, 0.29) is 0 Å². The fourth-order valence-electron chi connectivity index (χ4n) is 2.73. The van der Waals surface area contributed by atoms with Crippen LogP contribution in [0.15, 0.2) is 18.6 Å². The maximum Gasteiger partial charge on any atom is 0.0753 e. The van der Waals surface area contributed by atoms with Crippen molar-refractivity contribution in [2.75, 3.05) is 6.54 Å². The Morgan fingerprint density at radius 2 is 2.29 bits per heavy atom. The zero-order chi connectivity index (χ0) is 12.1. The minimum absolute atomic E-state index is 0.306. The van der Waals surface area contributed by atoms with Gasteiger partial charge in [-0.15, -0.1) is 0 Å². The fraction of sp³-hybridized carbons (Fsp3) is 0.714. The second kappa shape index (κ2) is 6.10. The van der Waals surface area contributed by atoms with Crippen molar-refractivity contribution in [2.24, 2.45) is 11.8 Å². The van der Waals surface area contributed by atoms with Gasteiger partial charge in [-0.25, -0.2) is 0 Å². The number of nitrogens with zero attached hydrogens (tertiary/aromatic N) is 2. The molecule has 1 aromatic rings. The van der Waals surface area contributed by atoms with E-state index in [0.717, 1.165) is 24.1 Å². The monoisotopic (exact) mass is 233 g/mol. The van der Waals surface area contributed by atoms with E-state index in [1.807, 2.05) is 6.20 Å². The van der Waals surface area contributed by atoms with Gasteiger partial charge in [0.15, 0.2) is 0 Å². The summed E-state index contributed by atoms with van der Waals surface area (Å²) in [5, 5.41) is 3.59. The largest absolute Gasteiger partial charge is 0.309 e. The van der Waals surface area contributed by atoms with Crippen LogP contribution in [0.25, 0.3) is 0 Å². The van der Waals surface area contributed by atoms with Crippen molar-refractivity contribution in [2.45, 2.75) is 45.6 Å². The van der Waals surface area contributed by atoms with E-state index in [9.17, 15) is 0 Å². The van der Waals surface area contributed by atoms with Crippen LogP contribution in [-0.2, 0) is 0 Å². The molecule has 3 atom stereocenters. The number of aromatic nitrogens is 2. The Morgan fingerprint density at radius 3 is 3.00 bits per heavy atom. The Kier molecular flexibility index (Phi) is 4.49. The molecule has 3 heteroatoms. The zero-order valence-corrected chi connectivity index (χ0v) is 10.9. The topological polar surface area (TPSA) is 37.8 Å². The molecular weight excluding hydrogens is 210 g/mol. The van der Waals surface area contributed by atoms with Gasteiger partial charge in [0, 0.05) is 24.6 Å². The van der Waals surface area contributed by atoms with E-state index in [1.54, 1.807) is 12.4 Å². The predicted molar refractivity (Wildman–Crippen MR) is 69.6 cm³/mol. The van der Waals surface area contributed by atoms with Crippen LogP contribution in [0, 0.1) is 11.8 Å². The van der Waals surface area contributed by atoms with Crippen LogP contribution >= 0.6 is 0 Å². The highest BCUT2D eigenvalue weighted by Crippen LogP contribution is 2.28. The smallest absolute Gasteiger partial charge is 0.0753 e. The molecule has 0 radical (unpaired) electrons. The number of nitrogens with one attached hydrogen (secondary N) is 1. The van der Waals surface area contributed by atoms with E-state index in [2.05, 4.69) is 29.1 Å². The van der Waals surface area contributed by atoms with Gasteiger partial charge < -0.3 is 5.32 Å². The average Bonchev–Trinajstić information content (AvgIpc) is 2.37. The molecule has 0 bridgehead atoms. The normalized spacial score (nSPS) is 26.7. The van der Waals surface area contributed by atoms with E-state index >= 15 is 0 Å². The molecule has 2 rings (SSSR count). The number of rotatable bonds is 4. The molecule has 1 fully saturated rings. The van der Waals surface area contributed by atoms with Crippen LogP contribution in [0.1, 0.15) is 51.3 Å². The third-order valence-electron chi connectivity index (χ3n) is 3.78. The van der Waals surface area contributed by atoms with Gasteiger partial charge >= 0.3 is 0 Å². The average molecular weight is 233 g/mol.